The van der Waals surface area contributed by atoms with Crippen molar-refractivity contribution < 1.29 is 0 Å². The quantitative estimate of drug-likeness (QED) is 0.683. The highest BCUT2D eigenvalue weighted by molar-refractivity contribution is 9.09. The van der Waals surface area contributed by atoms with Crippen LogP contribution >= 0.6 is 27.5 Å². The Balaban J connectivity index is 2.04. The van der Waals surface area contributed by atoms with Gasteiger partial charge in [-0.15, -0.1) is 0 Å². The summed E-state index contributed by atoms with van der Waals surface area (Å²) in [5.41, 5.74) is 1.30. The fourth-order valence-electron chi connectivity index (χ4n) is 2.34. The number of benzene rings is 1. The third kappa shape index (κ3) is 2.98. The van der Waals surface area contributed by atoms with Crippen LogP contribution in [0.15, 0.2) is 24.3 Å². The zero-order valence-electron chi connectivity index (χ0n) is 8.76. The zero-order valence-corrected chi connectivity index (χ0v) is 11.1. The highest BCUT2D eigenvalue weighted by Crippen LogP contribution is 2.33. The van der Waals surface area contributed by atoms with E-state index in [2.05, 4.69) is 28.1 Å². The van der Waals surface area contributed by atoms with Gasteiger partial charge in [0.1, 0.15) is 0 Å². The molecule has 2 heteroatoms. The molecule has 0 N–H and O–H groups in total. The molecule has 0 heterocycles. The van der Waals surface area contributed by atoms with Crippen LogP contribution in [0.2, 0.25) is 5.02 Å². The van der Waals surface area contributed by atoms with Crippen molar-refractivity contribution in [3.8, 4) is 0 Å². The van der Waals surface area contributed by atoms with Gasteiger partial charge in [0.2, 0.25) is 0 Å². The van der Waals surface area contributed by atoms with E-state index in [1.807, 2.05) is 12.1 Å². The van der Waals surface area contributed by atoms with Gasteiger partial charge in [-0.05, 0) is 36.8 Å². The van der Waals surface area contributed by atoms with Gasteiger partial charge in [-0.3, -0.25) is 0 Å². The molecule has 1 aromatic rings. The van der Waals surface area contributed by atoms with Gasteiger partial charge in [0.15, 0.2) is 0 Å². The standard InChI is InChI=1S/C13H16BrCl/c14-12-7-3-1-5-10(12)9-11-6-2-4-8-13(11)15/h2,4,6,8,10,12H,1,3,5,7,9H2. The summed E-state index contributed by atoms with van der Waals surface area (Å²) in [5, 5.41) is 0.919. The van der Waals surface area contributed by atoms with Gasteiger partial charge in [-0.25, -0.2) is 0 Å². The van der Waals surface area contributed by atoms with Gasteiger partial charge >= 0.3 is 0 Å². The Hall–Kier alpha value is -0.0100. The molecular weight excluding hydrogens is 271 g/mol. The van der Waals surface area contributed by atoms with Crippen LogP contribution in [0.1, 0.15) is 31.2 Å². The fourth-order valence-corrected chi connectivity index (χ4v) is 3.33. The van der Waals surface area contributed by atoms with Crippen molar-refractivity contribution in [1.29, 1.82) is 0 Å². The summed E-state index contributed by atoms with van der Waals surface area (Å²) in [5.74, 6) is 0.763. The van der Waals surface area contributed by atoms with Crippen LogP contribution in [0.25, 0.3) is 0 Å². The van der Waals surface area contributed by atoms with Crippen molar-refractivity contribution in [3.63, 3.8) is 0 Å². The van der Waals surface area contributed by atoms with E-state index in [-0.39, 0.29) is 0 Å². The molecule has 0 aromatic heterocycles. The number of hydrogen-bond acceptors (Lipinski definition) is 0. The molecule has 0 aliphatic heterocycles. The molecule has 1 aliphatic rings. The second-order valence-electron chi connectivity index (χ2n) is 4.36. The minimum atomic E-state index is 0.683. The summed E-state index contributed by atoms with van der Waals surface area (Å²) in [6, 6.07) is 8.21. The lowest BCUT2D eigenvalue weighted by molar-refractivity contribution is 0.373. The molecule has 0 radical (unpaired) electrons. The Labute approximate surface area is 105 Å². The molecule has 82 valence electrons. The minimum Gasteiger partial charge on any atom is -0.0888 e. The Morgan fingerprint density at radius 2 is 1.93 bits per heavy atom. The molecule has 1 fully saturated rings. The van der Waals surface area contributed by atoms with E-state index < -0.39 is 0 Å². The lowest BCUT2D eigenvalue weighted by Gasteiger charge is -2.27. The first-order valence-electron chi connectivity index (χ1n) is 5.65. The molecule has 1 saturated carbocycles. The maximum atomic E-state index is 6.18. The maximum absolute atomic E-state index is 6.18. The van der Waals surface area contributed by atoms with Crippen LogP contribution in [0.5, 0.6) is 0 Å². The highest BCUT2D eigenvalue weighted by atomic mass is 79.9. The average molecular weight is 288 g/mol. The highest BCUT2D eigenvalue weighted by Gasteiger charge is 2.23. The summed E-state index contributed by atoms with van der Waals surface area (Å²) in [4.78, 5) is 0.683. The second kappa shape index (κ2) is 5.36. The van der Waals surface area contributed by atoms with Gasteiger partial charge in [0, 0.05) is 9.85 Å². The van der Waals surface area contributed by atoms with Crippen molar-refractivity contribution in [3.05, 3.63) is 34.9 Å². The topological polar surface area (TPSA) is 0 Å². The summed E-state index contributed by atoms with van der Waals surface area (Å²) < 4.78 is 0. The lowest BCUT2D eigenvalue weighted by atomic mass is 9.85. The van der Waals surface area contributed by atoms with Gasteiger partial charge in [0.05, 0.1) is 0 Å². The van der Waals surface area contributed by atoms with Crippen molar-refractivity contribution in [2.45, 2.75) is 36.9 Å². The van der Waals surface area contributed by atoms with E-state index >= 15 is 0 Å². The van der Waals surface area contributed by atoms with Crippen molar-refractivity contribution in [2.75, 3.05) is 0 Å². The van der Waals surface area contributed by atoms with E-state index in [1.165, 1.54) is 31.2 Å². The minimum absolute atomic E-state index is 0.683. The second-order valence-corrected chi connectivity index (χ2v) is 5.94. The van der Waals surface area contributed by atoms with Gasteiger partial charge in [0.25, 0.3) is 0 Å². The van der Waals surface area contributed by atoms with Gasteiger partial charge in [-0.2, -0.15) is 0 Å². The predicted molar refractivity (Wildman–Crippen MR) is 69.8 cm³/mol. The third-order valence-electron chi connectivity index (χ3n) is 3.26. The molecule has 2 unspecified atom stereocenters. The van der Waals surface area contributed by atoms with E-state index in [0.29, 0.717) is 4.83 Å². The zero-order chi connectivity index (χ0) is 10.7. The Morgan fingerprint density at radius 1 is 1.20 bits per heavy atom. The molecular formula is C13H16BrCl. The smallest absolute Gasteiger partial charge is 0.0438 e. The molecule has 0 saturated heterocycles. The van der Waals surface area contributed by atoms with E-state index in [4.69, 9.17) is 11.6 Å². The first-order chi connectivity index (χ1) is 7.27. The molecule has 0 nitrogen and oxygen atoms in total. The first-order valence-corrected chi connectivity index (χ1v) is 6.94. The SMILES string of the molecule is Clc1ccccc1CC1CCCCC1Br. The predicted octanol–water partition coefficient (Wildman–Crippen LogP) is 4.84. The Morgan fingerprint density at radius 3 is 2.67 bits per heavy atom. The van der Waals surface area contributed by atoms with E-state index in [0.717, 1.165) is 17.4 Å². The van der Waals surface area contributed by atoms with Crippen molar-refractivity contribution in [2.24, 2.45) is 5.92 Å². The molecule has 15 heavy (non-hydrogen) atoms. The molecule has 0 bridgehead atoms. The Bertz CT molecular complexity index is 324. The Kier molecular flexibility index (Phi) is 4.10. The largest absolute Gasteiger partial charge is 0.0888 e. The summed E-state index contributed by atoms with van der Waals surface area (Å²) in [6.07, 6.45) is 6.51. The van der Waals surface area contributed by atoms with Gasteiger partial charge < -0.3 is 0 Å². The van der Waals surface area contributed by atoms with Crippen LogP contribution in [0, 0.1) is 5.92 Å². The van der Waals surface area contributed by atoms with Crippen molar-refractivity contribution in [1.82, 2.24) is 0 Å². The molecule has 1 aliphatic carbocycles. The van der Waals surface area contributed by atoms with Crippen LogP contribution in [0.3, 0.4) is 0 Å². The number of rotatable bonds is 2. The van der Waals surface area contributed by atoms with Crippen LogP contribution in [0.4, 0.5) is 0 Å². The summed E-state index contributed by atoms with van der Waals surface area (Å²) >= 11 is 9.97. The number of alkyl halides is 1. The molecule has 2 atom stereocenters. The van der Waals surface area contributed by atoms with E-state index in [9.17, 15) is 0 Å². The monoisotopic (exact) mass is 286 g/mol. The van der Waals surface area contributed by atoms with Gasteiger partial charge in [-0.1, -0.05) is 58.6 Å². The third-order valence-corrected chi connectivity index (χ3v) is 4.83. The van der Waals surface area contributed by atoms with Crippen LogP contribution < -0.4 is 0 Å². The fraction of sp³-hybridized carbons (Fsp3) is 0.538. The number of halogens is 2. The molecule has 2 rings (SSSR count). The van der Waals surface area contributed by atoms with Crippen LogP contribution in [-0.4, -0.2) is 4.83 Å². The summed E-state index contributed by atoms with van der Waals surface area (Å²) in [7, 11) is 0. The maximum Gasteiger partial charge on any atom is 0.0438 e. The summed E-state index contributed by atoms with van der Waals surface area (Å²) in [6.45, 7) is 0. The molecule has 0 amide bonds. The van der Waals surface area contributed by atoms with Crippen LogP contribution in [-0.2, 0) is 6.42 Å². The molecule has 1 aromatic carbocycles. The van der Waals surface area contributed by atoms with E-state index in [1.54, 1.807) is 0 Å². The van der Waals surface area contributed by atoms with Crippen molar-refractivity contribution >= 4 is 27.5 Å². The molecule has 0 spiro atoms. The lowest BCUT2D eigenvalue weighted by Crippen LogP contribution is -2.21. The normalized spacial score (nSPS) is 26.5. The first kappa shape index (κ1) is 11.5. The average Bonchev–Trinajstić information content (AvgIpc) is 2.24. The number of hydrogen-bond donors (Lipinski definition) is 0.